The van der Waals surface area contributed by atoms with Crippen molar-refractivity contribution in [1.29, 1.82) is 0 Å². The molecule has 0 saturated carbocycles. The minimum atomic E-state index is -5.14. The van der Waals surface area contributed by atoms with Gasteiger partial charge in [-0.3, -0.25) is 38.4 Å². The molecule has 0 aromatic rings. The van der Waals surface area contributed by atoms with Crippen LogP contribution in [0.3, 0.4) is 0 Å². The summed E-state index contributed by atoms with van der Waals surface area (Å²) in [5.41, 5.74) is 0. The molecular weight excluding hydrogens is 502 g/mol. The van der Waals surface area contributed by atoms with Crippen molar-refractivity contribution < 1.29 is 82.2 Å². The van der Waals surface area contributed by atoms with E-state index in [0.717, 1.165) is 12.2 Å². The molecule has 12 nitrogen and oxygen atoms in total. The first kappa shape index (κ1) is 35.1. The lowest BCUT2D eigenvalue weighted by Gasteiger charge is -1.96. The maximum atomic E-state index is 11.4. The van der Waals surface area contributed by atoms with E-state index in [1.165, 1.54) is 0 Å². The molecule has 0 aliphatic rings. The molecule has 0 aliphatic heterocycles. The molecule has 2 atom stereocenters. The molecule has 2 unspecified atom stereocenters. The Morgan fingerprint density at radius 1 is 0.607 bits per heavy atom. The zero-order chi connectivity index (χ0) is 23.7. The predicted molar refractivity (Wildman–Crippen MR) is 80.6 cm³/mol. The van der Waals surface area contributed by atoms with Crippen LogP contribution in [0.15, 0.2) is 24.8 Å². The molecule has 0 saturated heterocycles. The van der Waals surface area contributed by atoms with E-state index in [-0.39, 0.29) is 12.7 Å². The summed E-state index contributed by atoms with van der Waals surface area (Å²) in [6, 6.07) is 0. The van der Waals surface area contributed by atoms with Crippen LogP contribution in [0.5, 0.6) is 0 Å². The van der Waals surface area contributed by atoms with Gasteiger partial charge in [0.1, 0.15) is 0 Å². The summed E-state index contributed by atoms with van der Waals surface area (Å²) in [4.78, 5) is 43.4. The zero-order valence-electron chi connectivity index (χ0n) is 12.9. The molecule has 6 N–H and O–H groups in total. The predicted octanol–water partition coefficient (Wildman–Crippen LogP) is 3.21. The summed E-state index contributed by atoms with van der Waals surface area (Å²) in [6.45, 7) is -1.08. The number of rotatable bonds is 6. The second-order valence-corrected chi connectivity index (χ2v) is 7.38. The van der Waals surface area contributed by atoms with Crippen LogP contribution in [-0.4, -0.2) is 42.6 Å². The quantitative estimate of drug-likeness (QED) is 0.222. The molecule has 0 radical (unpaired) electrons. The molecule has 0 spiro atoms. The third-order valence-electron chi connectivity index (χ3n) is 0.838. The van der Waals surface area contributed by atoms with Crippen molar-refractivity contribution in [3.8, 4) is 0 Å². The fourth-order valence-electron chi connectivity index (χ4n) is 0.343. The number of halogens is 6. The van der Waals surface area contributed by atoms with Gasteiger partial charge in [0.05, 0.1) is 25.9 Å². The summed E-state index contributed by atoms with van der Waals surface area (Å²) >= 11 is 0. The Kier molecular flexibility index (Phi) is 22.0. The highest BCUT2D eigenvalue weighted by molar-refractivity contribution is 7.47. The first-order valence-electron chi connectivity index (χ1n) is 5.47. The van der Waals surface area contributed by atoms with Gasteiger partial charge in [0.2, 0.25) is 0 Å². The molecule has 0 aromatic heterocycles. The Bertz CT molecular complexity index is 548. The van der Waals surface area contributed by atoms with Gasteiger partial charge in [-0.15, -0.1) is 16.8 Å². The number of hydrogen-bond acceptors (Lipinski definition) is 6. The van der Waals surface area contributed by atoms with Crippen molar-refractivity contribution in [2.45, 2.75) is 0 Å². The lowest BCUT2D eigenvalue weighted by Crippen LogP contribution is -1.82. The van der Waals surface area contributed by atoms with Gasteiger partial charge in [-0.25, -0.2) is 27.0 Å². The summed E-state index contributed by atoms with van der Waals surface area (Å²) < 4.78 is 109. The van der Waals surface area contributed by atoms with E-state index >= 15 is 0 Å². The van der Waals surface area contributed by atoms with Crippen LogP contribution in [0.25, 0.3) is 0 Å². The van der Waals surface area contributed by atoms with Crippen molar-refractivity contribution in [3.63, 3.8) is 0 Å². The van der Waals surface area contributed by atoms with Gasteiger partial charge < -0.3 is 0 Å². The standard InChI is InChI=1S/2C3H5F2O3P.2FH2O3P/c2*4-2-1-3-8-9(5,6)7;2*1-5(2,3)4/h2*1-2H,3H2,(H,6,7);2*(H2,2,3,4). The smallest absolute Gasteiger partial charge is 0.299 e. The normalized spacial score (nSPS) is 15.9. The highest BCUT2D eigenvalue weighted by Crippen LogP contribution is 2.43. The molecular formula is C6H14F6O12P4. The van der Waals surface area contributed by atoms with E-state index in [2.05, 4.69) is 9.05 Å². The number of hydrogen-bond donors (Lipinski definition) is 6. The lowest BCUT2D eigenvalue weighted by atomic mass is 10.7. The van der Waals surface area contributed by atoms with Gasteiger partial charge in [0, 0.05) is 0 Å². The molecule has 172 valence electrons. The van der Waals surface area contributed by atoms with Gasteiger partial charge in [0.25, 0.3) is 0 Å². The van der Waals surface area contributed by atoms with Crippen molar-refractivity contribution in [3.05, 3.63) is 24.8 Å². The van der Waals surface area contributed by atoms with Crippen LogP contribution < -0.4 is 0 Å². The van der Waals surface area contributed by atoms with Crippen LogP contribution in [0.1, 0.15) is 0 Å². The van der Waals surface area contributed by atoms with Crippen LogP contribution in [-0.2, 0) is 27.3 Å². The molecule has 0 bridgehead atoms. The maximum absolute atomic E-state index is 11.4. The van der Waals surface area contributed by atoms with Crippen molar-refractivity contribution >= 4 is 31.6 Å². The summed E-state index contributed by atoms with van der Waals surface area (Å²) in [5.74, 6) is 0. The van der Waals surface area contributed by atoms with E-state index < -0.39 is 44.8 Å². The maximum Gasteiger partial charge on any atom is 0.510 e. The second-order valence-electron chi connectivity index (χ2n) is 3.16. The molecule has 0 aromatic carbocycles. The Balaban J connectivity index is -0.000000143. The molecule has 0 heterocycles. The van der Waals surface area contributed by atoms with E-state index in [4.69, 9.17) is 38.5 Å². The minimum Gasteiger partial charge on any atom is -0.299 e. The van der Waals surface area contributed by atoms with E-state index in [9.17, 15) is 34.7 Å². The highest BCUT2D eigenvalue weighted by atomic mass is 31.2. The van der Waals surface area contributed by atoms with Crippen LogP contribution in [0, 0.1) is 0 Å². The highest BCUT2D eigenvalue weighted by Gasteiger charge is 2.15. The first-order valence-corrected chi connectivity index (χ1v) is 11.4. The Morgan fingerprint density at radius 2 is 0.786 bits per heavy atom. The summed E-state index contributed by atoms with van der Waals surface area (Å²) in [5, 5.41) is 0. The van der Waals surface area contributed by atoms with Gasteiger partial charge >= 0.3 is 31.6 Å². The largest absolute Gasteiger partial charge is 0.510 e. The average molecular weight is 516 g/mol. The SMILES string of the molecule is O=P(O)(F)OCC=CF.O=P(O)(F)OCC=CF.O=P(O)(O)F.O=P(O)(O)F. The zero-order valence-corrected chi connectivity index (χ0v) is 16.5. The molecule has 0 aliphatic carbocycles. The monoisotopic (exact) mass is 516 g/mol. The average Bonchev–Trinajstić information content (AvgIpc) is 2.33. The molecule has 22 heteroatoms. The first-order chi connectivity index (χ1) is 12.1. The van der Waals surface area contributed by atoms with Gasteiger partial charge in [-0.2, -0.15) is 0 Å². The second kappa shape index (κ2) is 17.5. The van der Waals surface area contributed by atoms with E-state index in [1.807, 2.05) is 0 Å². The van der Waals surface area contributed by atoms with Crippen molar-refractivity contribution in [2.24, 2.45) is 0 Å². The molecule has 0 rings (SSSR count). The van der Waals surface area contributed by atoms with Gasteiger partial charge in [-0.05, 0) is 12.2 Å². The van der Waals surface area contributed by atoms with Gasteiger partial charge in [0.15, 0.2) is 0 Å². The van der Waals surface area contributed by atoms with E-state index in [1.54, 1.807) is 0 Å². The van der Waals surface area contributed by atoms with Crippen LogP contribution in [0.2, 0.25) is 0 Å². The Hall–Kier alpha value is -0.340. The molecule has 0 fully saturated rings. The Morgan fingerprint density at radius 3 is 0.893 bits per heavy atom. The fraction of sp³-hybridized carbons (Fsp3) is 0.333. The topological polar surface area (TPSA) is 208 Å². The van der Waals surface area contributed by atoms with Crippen LogP contribution in [0.4, 0.5) is 25.6 Å². The summed E-state index contributed by atoms with van der Waals surface area (Å²) in [6.07, 6.45) is 1.72. The lowest BCUT2D eigenvalue weighted by molar-refractivity contribution is 0.247. The fourth-order valence-corrected chi connectivity index (χ4v) is 0.883. The molecule has 0 amide bonds. The Labute approximate surface area is 153 Å². The van der Waals surface area contributed by atoms with Crippen molar-refractivity contribution in [1.82, 2.24) is 0 Å². The summed E-state index contributed by atoms with van der Waals surface area (Å²) in [7, 11) is -20.1. The third-order valence-corrected chi connectivity index (χ3v) is 1.77. The third kappa shape index (κ3) is 115. The van der Waals surface area contributed by atoms with Crippen LogP contribution >= 0.6 is 31.6 Å². The minimum absolute atomic E-state index is 0.0929. The van der Waals surface area contributed by atoms with Gasteiger partial charge in [-0.1, -0.05) is 0 Å². The van der Waals surface area contributed by atoms with Crippen molar-refractivity contribution in [2.75, 3.05) is 13.2 Å². The molecule has 28 heavy (non-hydrogen) atoms. The van der Waals surface area contributed by atoms with E-state index in [0.29, 0.717) is 0 Å².